The SMILES string of the molecule is CC.Cc1[nH]c2ccc(-c3ccncc3)cc2c1CC(N)C(=O)O. The second-order valence-corrected chi connectivity index (χ2v) is 5.37. The van der Waals surface area contributed by atoms with Crippen LogP contribution in [0.5, 0.6) is 0 Å². The second kappa shape index (κ2) is 7.75. The minimum Gasteiger partial charge on any atom is -0.480 e. The number of nitrogens with one attached hydrogen (secondary N) is 1. The molecular weight excluding hydrogens is 302 g/mol. The molecule has 2 heterocycles. The molecule has 2 aromatic heterocycles. The van der Waals surface area contributed by atoms with Gasteiger partial charge in [0.15, 0.2) is 0 Å². The van der Waals surface area contributed by atoms with Crippen molar-refractivity contribution in [1.29, 1.82) is 0 Å². The smallest absolute Gasteiger partial charge is 0.320 e. The normalized spacial score (nSPS) is 11.7. The molecule has 0 spiro atoms. The molecule has 126 valence electrons. The molecule has 0 saturated heterocycles. The number of hydrogen-bond acceptors (Lipinski definition) is 3. The lowest BCUT2D eigenvalue weighted by molar-refractivity contribution is -0.138. The first-order chi connectivity index (χ1) is 11.6. The number of carboxylic acids is 1. The van der Waals surface area contributed by atoms with Crippen LogP contribution in [0.25, 0.3) is 22.0 Å². The zero-order valence-electron chi connectivity index (χ0n) is 14.2. The van der Waals surface area contributed by atoms with Gasteiger partial charge in [0.05, 0.1) is 0 Å². The molecule has 24 heavy (non-hydrogen) atoms. The van der Waals surface area contributed by atoms with Crippen LogP contribution in [0.3, 0.4) is 0 Å². The highest BCUT2D eigenvalue weighted by molar-refractivity contribution is 5.89. The summed E-state index contributed by atoms with van der Waals surface area (Å²) >= 11 is 0. The number of hydrogen-bond donors (Lipinski definition) is 3. The highest BCUT2D eigenvalue weighted by Crippen LogP contribution is 2.28. The Hall–Kier alpha value is -2.66. The Balaban J connectivity index is 0.00000100. The number of benzene rings is 1. The Kier molecular flexibility index (Phi) is 5.71. The van der Waals surface area contributed by atoms with Gasteiger partial charge in [-0.05, 0) is 47.9 Å². The van der Waals surface area contributed by atoms with Crippen LogP contribution >= 0.6 is 0 Å². The molecule has 0 aliphatic heterocycles. The summed E-state index contributed by atoms with van der Waals surface area (Å²) in [7, 11) is 0. The monoisotopic (exact) mass is 325 g/mol. The average molecular weight is 325 g/mol. The first-order valence-corrected chi connectivity index (χ1v) is 8.06. The van der Waals surface area contributed by atoms with E-state index in [4.69, 9.17) is 10.8 Å². The van der Waals surface area contributed by atoms with Gasteiger partial charge in [0.1, 0.15) is 6.04 Å². The fourth-order valence-electron chi connectivity index (χ4n) is 2.68. The first-order valence-electron chi connectivity index (χ1n) is 8.06. The molecule has 3 aromatic rings. The van der Waals surface area contributed by atoms with Crippen molar-refractivity contribution in [3.8, 4) is 11.1 Å². The minimum atomic E-state index is -0.987. The van der Waals surface area contributed by atoms with Gasteiger partial charge >= 0.3 is 5.97 Å². The first kappa shape index (κ1) is 17.7. The Morgan fingerprint density at radius 2 is 1.88 bits per heavy atom. The summed E-state index contributed by atoms with van der Waals surface area (Å²) in [6, 6.07) is 9.11. The van der Waals surface area contributed by atoms with Crippen LogP contribution in [0, 0.1) is 6.92 Å². The van der Waals surface area contributed by atoms with Crippen molar-refractivity contribution < 1.29 is 9.90 Å². The maximum absolute atomic E-state index is 11.0. The number of fused-ring (bicyclic) bond motifs is 1. The van der Waals surface area contributed by atoms with E-state index >= 15 is 0 Å². The maximum Gasteiger partial charge on any atom is 0.320 e. The number of aliphatic carboxylic acids is 1. The third-order valence-electron chi connectivity index (χ3n) is 3.87. The van der Waals surface area contributed by atoms with Crippen molar-refractivity contribution in [2.24, 2.45) is 5.73 Å². The molecule has 4 N–H and O–H groups in total. The lowest BCUT2D eigenvalue weighted by Gasteiger charge is -2.07. The van der Waals surface area contributed by atoms with Gasteiger partial charge in [0.25, 0.3) is 0 Å². The van der Waals surface area contributed by atoms with E-state index in [0.717, 1.165) is 33.3 Å². The lowest BCUT2D eigenvalue weighted by Crippen LogP contribution is -2.32. The van der Waals surface area contributed by atoms with Crippen molar-refractivity contribution in [2.45, 2.75) is 33.2 Å². The molecule has 0 aliphatic carbocycles. The summed E-state index contributed by atoms with van der Waals surface area (Å²) in [5.74, 6) is -0.987. The van der Waals surface area contributed by atoms with Crippen molar-refractivity contribution >= 4 is 16.9 Å². The quantitative estimate of drug-likeness (QED) is 0.684. The number of rotatable bonds is 4. The van der Waals surface area contributed by atoms with E-state index in [1.54, 1.807) is 12.4 Å². The Bertz CT molecular complexity index is 825. The summed E-state index contributed by atoms with van der Waals surface area (Å²) in [6.07, 6.45) is 3.81. The van der Waals surface area contributed by atoms with E-state index in [1.807, 2.05) is 45.0 Å². The van der Waals surface area contributed by atoms with Crippen LogP contribution in [0.1, 0.15) is 25.1 Å². The number of pyridine rings is 1. The van der Waals surface area contributed by atoms with Gasteiger partial charge in [-0.15, -0.1) is 0 Å². The summed E-state index contributed by atoms with van der Waals surface area (Å²) in [5, 5.41) is 10.1. The van der Waals surface area contributed by atoms with E-state index in [2.05, 4.69) is 16.0 Å². The fraction of sp³-hybridized carbons (Fsp3) is 0.263. The Labute approximate surface area is 141 Å². The molecule has 3 rings (SSSR count). The topological polar surface area (TPSA) is 92.0 Å². The summed E-state index contributed by atoms with van der Waals surface area (Å²) in [4.78, 5) is 18.3. The van der Waals surface area contributed by atoms with E-state index in [0.29, 0.717) is 6.42 Å². The molecule has 0 radical (unpaired) electrons. The van der Waals surface area contributed by atoms with Crippen molar-refractivity contribution in [3.63, 3.8) is 0 Å². The number of H-pyrrole nitrogens is 1. The van der Waals surface area contributed by atoms with Gasteiger partial charge in [0, 0.05) is 35.4 Å². The van der Waals surface area contributed by atoms with Gasteiger partial charge in [-0.2, -0.15) is 0 Å². The van der Waals surface area contributed by atoms with Gasteiger partial charge in [-0.25, -0.2) is 0 Å². The number of nitrogens with zero attached hydrogens (tertiary/aromatic N) is 1. The predicted molar refractivity (Wildman–Crippen MR) is 96.9 cm³/mol. The summed E-state index contributed by atoms with van der Waals surface area (Å²) < 4.78 is 0. The second-order valence-electron chi connectivity index (χ2n) is 5.37. The van der Waals surface area contributed by atoms with E-state index < -0.39 is 12.0 Å². The molecule has 1 unspecified atom stereocenters. The average Bonchev–Trinajstić information content (AvgIpc) is 2.92. The summed E-state index contributed by atoms with van der Waals surface area (Å²) in [6.45, 7) is 5.94. The Morgan fingerprint density at radius 3 is 2.50 bits per heavy atom. The van der Waals surface area contributed by atoms with Crippen molar-refractivity contribution in [1.82, 2.24) is 9.97 Å². The number of carboxylic acid groups (broad SMARTS) is 1. The largest absolute Gasteiger partial charge is 0.480 e. The molecule has 1 atom stereocenters. The van der Waals surface area contributed by atoms with Crippen LogP contribution in [0.4, 0.5) is 0 Å². The van der Waals surface area contributed by atoms with Gasteiger partial charge < -0.3 is 15.8 Å². The predicted octanol–water partition coefficient (Wildman–Crippen LogP) is 3.52. The molecule has 0 fully saturated rings. The van der Waals surface area contributed by atoms with Gasteiger partial charge in [-0.3, -0.25) is 9.78 Å². The van der Waals surface area contributed by atoms with Crippen LogP contribution in [-0.2, 0) is 11.2 Å². The minimum absolute atomic E-state index is 0.307. The zero-order valence-corrected chi connectivity index (χ0v) is 14.2. The number of carbonyl (C=O) groups is 1. The third kappa shape index (κ3) is 3.63. The van der Waals surface area contributed by atoms with Crippen molar-refractivity contribution in [2.75, 3.05) is 0 Å². The van der Waals surface area contributed by atoms with E-state index in [-0.39, 0.29) is 0 Å². The highest BCUT2D eigenvalue weighted by Gasteiger charge is 2.17. The van der Waals surface area contributed by atoms with Gasteiger partial charge in [0.2, 0.25) is 0 Å². The van der Waals surface area contributed by atoms with Crippen LogP contribution < -0.4 is 5.73 Å². The van der Waals surface area contributed by atoms with Crippen LogP contribution in [-0.4, -0.2) is 27.1 Å². The molecule has 1 aromatic carbocycles. The Morgan fingerprint density at radius 1 is 1.21 bits per heavy atom. The fourth-order valence-corrected chi connectivity index (χ4v) is 2.68. The highest BCUT2D eigenvalue weighted by atomic mass is 16.4. The number of aryl methyl sites for hydroxylation is 1. The standard InChI is InChI=1S/C17H17N3O2.C2H6/c1-10-13(9-15(18)17(21)22)14-8-12(2-3-16(14)20-10)11-4-6-19-7-5-11;1-2/h2-8,15,20H,9,18H2,1H3,(H,21,22);1-2H3. The van der Waals surface area contributed by atoms with E-state index in [1.165, 1.54) is 0 Å². The molecule has 0 bridgehead atoms. The van der Waals surface area contributed by atoms with E-state index in [9.17, 15) is 4.79 Å². The van der Waals surface area contributed by atoms with Crippen LogP contribution in [0.15, 0.2) is 42.7 Å². The number of nitrogens with two attached hydrogens (primary N) is 1. The number of aromatic nitrogens is 2. The molecule has 0 aliphatic rings. The molecule has 5 heteroatoms. The molecule has 0 saturated carbocycles. The van der Waals surface area contributed by atoms with Crippen LogP contribution in [0.2, 0.25) is 0 Å². The molecule has 0 amide bonds. The molecular formula is C19H23N3O2. The van der Waals surface area contributed by atoms with Gasteiger partial charge in [-0.1, -0.05) is 19.9 Å². The maximum atomic E-state index is 11.0. The van der Waals surface area contributed by atoms with Crippen molar-refractivity contribution in [3.05, 3.63) is 54.0 Å². The summed E-state index contributed by atoms with van der Waals surface area (Å²) in [5.41, 5.74) is 10.7. The lowest BCUT2D eigenvalue weighted by atomic mass is 9.99. The molecule has 5 nitrogen and oxygen atoms in total. The zero-order chi connectivity index (χ0) is 17.7. The third-order valence-corrected chi connectivity index (χ3v) is 3.87. The number of aromatic amines is 1.